The predicted molar refractivity (Wildman–Crippen MR) is 86.7 cm³/mol. The first-order valence-corrected chi connectivity index (χ1v) is 7.59. The zero-order valence-corrected chi connectivity index (χ0v) is 13.0. The Balaban J connectivity index is 2.01. The molecule has 0 saturated carbocycles. The van der Waals surface area contributed by atoms with Gasteiger partial charge >= 0.3 is 0 Å². The second-order valence-corrected chi connectivity index (χ2v) is 6.03. The molecular formula is C17H18ClN3. The van der Waals surface area contributed by atoms with E-state index in [-0.39, 0.29) is 5.38 Å². The molecule has 0 bridgehead atoms. The SMILES string of the molecule is CC(Cl)c1nc2cnccc2n1CC(C)c1ccccc1. The Morgan fingerprint density at radius 1 is 1.14 bits per heavy atom. The molecule has 0 amide bonds. The Morgan fingerprint density at radius 3 is 2.62 bits per heavy atom. The van der Waals surface area contributed by atoms with E-state index >= 15 is 0 Å². The zero-order valence-electron chi connectivity index (χ0n) is 12.2. The minimum Gasteiger partial charge on any atom is -0.326 e. The number of benzene rings is 1. The smallest absolute Gasteiger partial charge is 0.127 e. The first-order chi connectivity index (χ1) is 10.2. The van der Waals surface area contributed by atoms with Crippen LogP contribution in [0, 0.1) is 0 Å². The van der Waals surface area contributed by atoms with E-state index in [0.717, 1.165) is 23.4 Å². The summed E-state index contributed by atoms with van der Waals surface area (Å²) < 4.78 is 2.21. The minimum absolute atomic E-state index is 0.125. The lowest BCUT2D eigenvalue weighted by Crippen LogP contribution is -2.10. The summed E-state index contributed by atoms with van der Waals surface area (Å²) in [5, 5.41) is -0.125. The highest BCUT2D eigenvalue weighted by atomic mass is 35.5. The fourth-order valence-electron chi connectivity index (χ4n) is 2.66. The van der Waals surface area contributed by atoms with Gasteiger partial charge in [0.05, 0.1) is 17.1 Å². The lowest BCUT2D eigenvalue weighted by molar-refractivity contribution is 0.585. The zero-order chi connectivity index (χ0) is 14.8. The van der Waals surface area contributed by atoms with Crippen LogP contribution in [0.5, 0.6) is 0 Å². The number of rotatable bonds is 4. The van der Waals surface area contributed by atoms with E-state index in [1.165, 1.54) is 5.56 Å². The van der Waals surface area contributed by atoms with Crippen LogP contribution < -0.4 is 0 Å². The molecule has 0 aliphatic rings. The molecule has 2 heterocycles. The van der Waals surface area contributed by atoms with Crippen LogP contribution in [0.3, 0.4) is 0 Å². The van der Waals surface area contributed by atoms with Crippen LogP contribution in [0.1, 0.15) is 36.5 Å². The molecule has 2 atom stereocenters. The van der Waals surface area contributed by atoms with Gasteiger partial charge in [0.2, 0.25) is 0 Å². The van der Waals surface area contributed by atoms with Crippen LogP contribution in [0.2, 0.25) is 0 Å². The van der Waals surface area contributed by atoms with Crippen LogP contribution in [-0.2, 0) is 6.54 Å². The summed E-state index contributed by atoms with van der Waals surface area (Å²) in [4.78, 5) is 8.77. The van der Waals surface area contributed by atoms with Crippen molar-refractivity contribution in [1.82, 2.24) is 14.5 Å². The summed E-state index contributed by atoms with van der Waals surface area (Å²) in [6.45, 7) is 5.04. The molecule has 108 valence electrons. The fourth-order valence-corrected chi connectivity index (χ4v) is 2.82. The van der Waals surface area contributed by atoms with Crippen molar-refractivity contribution in [1.29, 1.82) is 0 Å². The number of hydrogen-bond donors (Lipinski definition) is 0. The van der Waals surface area contributed by atoms with Crippen LogP contribution in [0.15, 0.2) is 48.8 Å². The molecule has 0 saturated heterocycles. The van der Waals surface area contributed by atoms with Gasteiger partial charge in [0.1, 0.15) is 11.3 Å². The van der Waals surface area contributed by atoms with Gasteiger partial charge in [0, 0.05) is 12.7 Å². The summed E-state index contributed by atoms with van der Waals surface area (Å²) in [7, 11) is 0. The summed E-state index contributed by atoms with van der Waals surface area (Å²) in [6, 6.07) is 12.5. The Hall–Kier alpha value is -1.87. The predicted octanol–water partition coefficient (Wildman–Crippen LogP) is 4.53. The van der Waals surface area contributed by atoms with Crippen LogP contribution >= 0.6 is 11.6 Å². The molecule has 0 spiro atoms. The molecule has 0 aliphatic carbocycles. The number of nitrogens with zero attached hydrogens (tertiary/aromatic N) is 3. The summed E-state index contributed by atoms with van der Waals surface area (Å²) in [5.74, 6) is 1.30. The highest BCUT2D eigenvalue weighted by Crippen LogP contribution is 2.27. The van der Waals surface area contributed by atoms with Gasteiger partial charge in [-0.05, 0) is 24.5 Å². The van der Waals surface area contributed by atoms with Gasteiger partial charge in [0.15, 0.2) is 0 Å². The van der Waals surface area contributed by atoms with E-state index < -0.39 is 0 Å². The van der Waals surface area contributed by atoms with E-state index in [1.807, 2.05) is 19.1 Å². The highest BCUT2D eigenvalue weighted by molar-refractivity contribution is 6.20. The van der Waals surface area contributed by atoms with Gasteiger partial charge in [-0.3, -0.25) is 4.98 Å². The van der Waals surface area contributed by atoms with E-state index in [9.17, 15) is 0 Å². The molecule has 1 aromatic carbocycles. The topological polar surface area (TPSA) is 30.7 Å². The van der Waals surface area contributed by atoms with Gasteiger partial charge in [0.25, 0.3) is 0 Å². The Labute approximate surface area is 129 Å². The average Bonchev–Trinajstić information content (AvgIpc) is 2.87. The monoisotopic (exact) mass is 299 g/mol. The maximum Gasteiger partial charge on any atom is 0.127 e. The minimum atomic E-state index is -0.125. The number of alkyl halides is 1. The maximum absolute atomic E-state index is 6.31. The van der Waals surface area contributed by atoms with Crippen LogP contribution in [-0.4, -0.2) is 14.5 Å². The molecular weight excluding hydrogens is 282 g/mol. The molecule has 2 aromatic heterocycles. The molecule has 3 nitrogen and oxygen atoms in total. The molecule has 21 heavy (non-hydrogen) atoms. The molecule has 2 unspecified atom stereocenters. The lowest BCUT2D eigenvalue weighted by Gasteiger charge is -2.16. The largest absolute Gasteiger partial charge is 0.326 e. The second kappa shape index (κ2) is 5.86. The number of fused-ring (bicyclic) bond motifs is 1. The van der Waals surface area contributed by atoms with Gasteiger partial charge in [-0.2, -0.15) is 0 Å². The standard InChI is InChI=1S/C17H18ClN3/c1-12(14-6-4-3-5-7-14)11-21-16-8-9-19-10-15(16)20-17(21)13(2)18/h3-10,12-13H,11H2,1-2H3. The highest BCUT2D eigenvalue weighted by Gasteiger charge is 2.17. The molecule has 0 N–H and O–H groups in total. The van der Waals surface area contributed by atoms with Crippen molar-refractivity contribution in [3.05, 3.63) is 60.2 Å². The summed E-state index contributed by atoms with van der Waals surface area (Å²) in [5.41, 5.74) is 3.32. The van der Waals surface area contributed by atoms with Crippen molar-refractivity contribution >= 4 is 22.6 Å². The first-order valence-electron chi connectivity index (χ1n) is 7.16. The van der Waals surface area contributed by atoms with E-state index in [4.69, 9.17) is 11.6 Å². The van der Waals surface area contributed by atoms with Gasteiger partial charge < -0.3 is 4.57 Å². The molecule has 0 aliphatic heterocycles. The number of aromatic nitrogens is 3. The van der Waals surface area contributed by atoms with Crippen molar-refractivity contribution in [3.8, 4) is 0 Å². The van der Waals surface area contributed by atoms with Gasteiger partial charge in [-0.25, -0.2) is 4.98 Å². The van der Waals surface area contributed by atoms with E-state index in [2.05, 4.69) is 45.7 Å². The van der Waals surface area contributed by atoms with Crippen molar-refractivity contribution < 1.29 is 0 Å². The maximum atomic E-state index is 6.31. The average molecular weight is 300 g/mol. The number of halogens is 1. The quantitative estimate of drug-likeness (QED) is 0.662. The van der Waals surface area contributed by atoms with E-state index in [0.29, 0.717) is 5.92 Å². The van der Waals surface area contributed by atoms with E-state index in [1.54, 1.807) is 12.4 Å². The van der Waals surface area contributed by atoms with Gasteiger partial charge in [-0.15, -0.1) is 11.6 Å². The molecule has 0 radical (unpaired) electrons. The van der Waals surface area contributed by atoms with Crippen LogP contribution in [0.4, 0.5) is 0 Å². The number of pyridine rings is 1. The third kappa shape index (κ3) is 2.79. The summed E-state index contributed by atoms with van der Waals surface area (Å²) in [6.07, 6.45) is 3.60. The fraction of sp³-hybridized carbons (Fsp3) is 0.294. The van der Waals surface area contributed by atoms with Crippen LogP contribution in [0.25, 0.3) is 11.0 Å². The van der Waals surface area contributed by atoms with Crippen molar-refractivity contribution in [3.63, 3.8) is 0 Å². The van der Waals surface area contributed by atoms with Crippen molar-refractivity contribution in [2.75, 3.05) is 0 Å². The normalized spacial score (nSPS) is 14.2. The first kappa shape index (κ1) is 14.1. The summed E-state index contributed by atoms with van der Waals surface area (Å²) >= 11 is 6.31. The molecule has 4 heteroatoms. The van der Waals surface area contributed by atoms with Gasteiger partial charge in [-0.1, -0.05) is 37.3 Å². The Morgan fingerprint density at radius 2 is 1.90 bits per heavy atom. The Kier molecular flexibility index (Phi) is 3.93. The van der Waals surface area contributed by atoms with Crippen molar-refractivity contribution in [2.24, 2.45) is 0 Å². The third-order valence-electron chi connectivity index (χ3n) is 3.76. The number of hydrogen-bond acceptors (Lipinski definition) is 2. The third-order valence-corrected chi connectivity index (χ3v) is 3.96. The molecule has 3 rings (SSSR count). The molecule has 0 fully saturated rings. The molecule has 3 aromatic rings. The Bertz CT molecular complexity index is 734. The number of imidazole rings is 1. The lowest BCUT2D eigenvalue weighted by atomic mass is 10.0. The van der Waals surface area contributed by atoms with Crippen molar-refractivity contribution in [2.45, 2.75) is 31.7 Å². The second-order valence-electron chi connectivity index (χ2n) is 5.37.